The first-order valence-electron chi connectivity index (χ1n) is 15.1. The van der Waals surface area contributed by atoms with Gasteiger partial charge in [0, 0.05) is 38.6 Å². The van der Waals surface area contributed by atoms with Gasteiger partial charge in [-0.25, -0.2) is 0 Å². The first-order chi connectivity index (χ1) is 19.9. The molecule has 2 aromatic carbocycles. The normalized spacial score (nSPS) is 17.2. The summed E-state index contributed by atoms with van der Waals surface area (Å²) in [5, 5.41) is 5.81. The Balaban J connectivity index is 1.06. The van der Waals surface area contributed by atoms with Crippen LogP contribution >= 0.6 is 0 Å². The highest BCUT2D eigenvalue weighted by atomic mass is 16.5. The summed E-state index contributed by atoms with van der Waals surface area (Å²) < 4.78 is 11.9. The number of aryl methyl sites for hydroxylation is 1. The minimum absolute atomic E-state index is 0.0719. The fraction of sp³-hybridized carbons (Fsp3) is 0.562. The van der Waals surface area contributed by atoms with Crippen LogP contribution in [0.2, 0.25) is 0 Å². The summed E-state index contributed by atoms with van der Waals surface area (Å²) in [5.41, 5.74) is 7.94. The Bertz CT molecular complexity index is 1110. The zero-order chi connectivity index (χ0) is 29.0. The first kappa shape index (κ1) is 30.8. The van der Waals surface area contributed by atoms with E-state index in [0.717, 1.165) is 87.5 Å². The predicted octanol–water partition coefficient (Wildman–Crippen LogP) is 3.10. The van der Waals surface area contributed by atoms with Crippen molar-refractivity contribution < 1.29 is 19.1 Å². The zero-order valence-electron chi connectivity index (χ0n) is 24.7. The molecule has 9 nitrogen and oxygen atoms in total. The van der Waals surface area contributed by atoms with E-state index in [1.807, 2.05) is 37.3 Å². The van der Waals surface area contributed by atoms with Crippen LogP contribution in [0.4, 0.5) is 0 Å². The average molecular weight is 566 g/mol. The van der Waals surface area contributed by atoms with Crippen molar-refractivity contribution in [1.82, 2.24) is 20.4 Å². The van der Waals surface area contributed by atoms with E-state index in [4.69, 9.17) is 15.2 Å². The lowest BCUT2D eigenvalue weighted by atomic mass is 9.93. The summed E-state index contributed by atoms with van der Waals surface area (Å²) in [5.74, 6) is 2.77. The smallest absolute Gasteiger partial charge is 0.234 e. The topological polar surface area (TPSA) is 109 Å². The molecule has 0 aromatic heterocycles. The molecule has 0 spiro atoms. The lowest BCUT2D eigenvalue weighted by Gasteiger charge is -2.41. The number of rotatable bonds is 13. The molecule has 2 amide bonds. The van der Waals surface area contributed by atoms with Gasteiger partial charge in [0.05, 0.1) is 13.2 Å². The fourth-order valence-corrected chi connectivity index (χ4v) is 5.80. The van der Waals surface area contributed by atoms with Gasteiger partial charge in [0.25, 0.3) is 0 Å². The second-order valence-electron chi connectivity index (χ2n) is 11.2. The highest BCUT2D eigenvalue weighted by Crippen LogP contribution is 2.28. The SMILES string of the molecule is CNC(=O)C1CCN(C2CCN(CC(=O)NCCCOc3ccc(Oc4ccc(CCN)cc4C)cc3)CC2)CC1. The van der Waals surface area contributed by atoms with Gasteiger partial charge in [-0.1, -0.05) is 12.1 Å². The fourth-order valence-electron chi connectivity index (χ4n) is 5.80. The van der Waals surface area contributed by atoms with Crippen LogP contribution in [-0.4, -0.2) is 87.1 Å². The Kier molecular flexibility index (Phi) is 11.8. The molecule has 4 rings (SSSR count). The molecule has 224 valence electrons. The number of nitrogens with zero attached hydrogens (tertiary/aromatic N) is 2. The molecule has 0 bridgehead atoms. The average Bonchev–Trinajstić information content (AvgIpc) is 2.99. The number of piperidine rings is 2. The maximum Gasteiger partial charge on any atom is 0.234 e. The van der Waals surface area contributed by atoms with E-state index < -0.39 is 0 Å². The molecular formula is C32H47N5O4. The number of carbonyl (C=O) groups is 2. The number of hydrogen-bond acceptors (Lipinski definition) is 7. The van der Waals surface area contributed by atoms with Gasteiger partial charge in [-0.2, -0.15) is 0 Å². The van der Waals surface area contributed by atoms with Crippen LogP contribution in [0, 0.1) is 12.8 Å². The lowest BCUT2D eigenvalue weighted by molar-refractivity contribution is -0.126. The third-order valence-electron chi connectivity index (χ3n) is 8.22. The van der Waals surface area contributed by atoms with Crippen LogP contribution in [0.1, 0.15) is 43.2 Å². The quantitative estimate of drug-likeness (QED) is 0.320. The Morgan fingerprint density at radius 3 is 2.34 bits per heavy atom. The van der Waals surface area contributed by atoms with Crippen molar-refractivity contribution in [3.63, 3.8) is 0 Å². The number of carbonyl (C=O) groups excluding carboxylic acids is 2. The van der Waals surface area contributed by atoms with Gasteiger partial charge in [-0.05, 0) is 107 Å². The summed E-state index contributed by atoms with van der Waals surface area (Å²) in [4.78, 5) is 29.1. The lowest BCUT2D eigenvalue weighted by Crippen LogP contribution is -2.50. The Morgan fingerprint density at radius 2 is 1.68 bits per heavy atom. The second kappa shape index (κ2) is 15.7. The molecule has 0 aliphatic carbocycles. The van der Waals surface area contributed by atoms with E-state index in [1.54, 1.807) is 7.05 Å². The molecule has 41 heavy (non-hydrogen) atoms. The van der Waals surface area contributed by atoms with Crippen molar-refractivity contribution in [3.8, 4) is 17.2 Å². The number of hydrogen-bond donors (Lipinski definition) is 3. The summed E-state index contributed by atoms with van der Waals surface area (Å²) in [6.07, 6.45) is 5.64. The van der Waals surface area contributed by atoms with Gasteiger partial charge in [0.2, 0.25) is 11.8 Å². The molecule has 2 aliphatic heterocycles. The van der Waals surface area contributed by atoms with E-state index >= 15 is 0 Å². The van der Waals surface area contributed by atoms with Crippen LogP contribution in [0.15, 0.2) is 42.5 Å². The number of benzene rings is 2. The summed E-state index contributed by atoms with van der Waals surface area (Å²) in [7, 11) is 1.72. The second-order valence-corrected chi connectivity index (χ2v) is 11.2. The van der Waals surface area contributed by atoms with Gasteiger partial charge in [-0.15, -0.1) is 0 Å². The van der Waals surface area contributed by atoms with Crippen LogP contribution in [0.25, 0.3) is 0 Å². The van der Waals surface area contributed by atoms with Gasteiger partial charge in [0.15, 0.2) is 0 Å². The monoisotopic (exact) mass is 565 g/mol. The number of nitrogens with two attached hydrogens (primary N) is 1. The Hall–Kier alpha value is -3.14. The number of likely N-dealkylation sites (tertiary alicyclic amines) is 2. The molecule has 2 heterocycles. The molecule has 2 aromatic rings. The minimum Gasteiger partial charge on any atom is -0.494 e. The molecule has 0 unspecified atom stereocenters. The summed E-state index contributed by atoms with van der Waals surface area (Å²) in [6.45, 7) is 8.11. The predicted molar refractivity (Wildman–Crippen MR) is 161 cm³/mol. The van der Waals surface area contributed by atoms with Gasteiger partial charge < -0.3 is 30.7 Å². The molecule has 2 fully saturated rings. The van der Waals surface area contributed by atoms with Crippen molar-refractivity contribution in [1.29, 1.82) is 0 Å². The van der Waals surface area contributed by atoms with Crippen LogP contribution in [0.5, 0.6) is 17.2 Å². The molecule has 4 N–H and O–H groups in total. The van der Waals surface area contributed by atoms with Crippen molar-refractivity contribution in [2.75, 3.05) is 59.5 Å². The van der Waals surface area contributed by atoms with Crippen LogP contribution in [0.3, 0.4) is 0 Å². The summed E-state index contributed by atoms with van der Waals surface area (Å²) in [6, 6.07) is 14.3. The summed E-state index contributed by atoms with van der Waals surface area (Å²) >= 11 is 0. The maximum atomic E-state index is 12.5. The molecule has 2 saturated heterocycles. The molecule has 0 saturated carbocycles. The van der Waals surface area contributed by atoms with Crippen molar-refractivity contribution in [3.05, 3.63) is 53.6 Å². The standard InChI is InChI=1S/C32H47N5O4/c1-24-22-25(10-15-33)4-9-30(24)41-29-7-5-28(6-8-29)40-21-3-16-35-31(38)23-36-17-13-27(14-18-36)37-19-11-26(12-20-37)32(39)34-2/h4-9,22,26-27H,3,10-21,23,33H2,1-2H3,(H,34,39)(H,35,38). The Labute approximate surface area is 244 Å². The van der Waals surface area contributed by atoms with Crippen molar-refractivity contribution in [2.45, 2.75) is 51.5 Å². The molecule has 0 radical (unpaired) electrons. The molecule has 9 heteroatoms. The molecule has 0 atom stereocenters. The van der Waals surface area contributed by atoms with Gasteiger partial charge in [-0.3, -0.25) is 14.5 Å². The maximum absolute atomic E-state index is 12.5. The van der Waals surface area contributed by atoms with E-state index in [9.17, 15) is 9.59 Å². The van der Waals surface area contributed by atoms with Gasteiger partial charge in [0.1, 0.15) is 17.2 Å². The highest BCUT2D eigenvalue weighted by molar-refractivity contribution is 5.78. The van der Waals surface area contributed by atoms with Gasteiger partial charge >= 0.3 is 0 Å². The number of ether oxygens (including phenoxy) is 2. The van der Waals surface area contributed by atoms with Crippen molar-refractivity contribution in [2.24, 2.45) is 11.7 Å². The first-order valence-corrected chi connectivity index (χ1v) is 15.1. The highest BCUT2D eigenvalue weighted by Gasteiger charge is 2.30. The van der Waals surface area contributed by atoms with Crippen LogP contribution < -0.4 is 25.8 Å². The van der Waals surface area contributed by atoms with E-state index in [0.29, 0.717) is 32.3 Å². The van der Waals surface area contributed by atoms with Crippen LogP contribution in [-0.2, 0) is 16.0 Å². The van der Waals surface area contributed by atoms with E-state index in [2.05, 4.69) is 32.6 Å². The number of amides is 2. The van der Waals surface area contributed by atoms with E-state index in [1.165, 1.54) is 5.56 Å². The Morgan fingerprint density at radius 1 is 0.976 bits per heavy atom. The largest absolute Gasteiger partial charge is 0.494 e. The third-order valence-corrected chi connectivity index (χ3v) is 8.22. The number of nitrogens with one attached hydrogen (secondary N) is 2. The van der Waals surface area contributed by atoms with E-state index in [-0.39, 0.29) is 17.7 Å². The third kappa shape index (κ3) is 9.45. The zero-order valence-corrected chi connectivity index (χ0v) is 24.7. The molecule has 2 aliphatic rings. The minimum atomic E-state index is 0.0719. The molecular weight excluding hydrogens is 518 g/mol. The van der Waals surface area contributed by atoms with Crippen molar-refractivity contribution >= 4 is 11.8 Å².